The van der Waals surface area contributed by atoms with Crippen molar-refractivity contribution in [3.05, 3.63) is 77.3 Å². The molecule has 0 bridgehead atoms. The number of rotatable bonds is 6. The Morgan fingerprint density at radius 1 is 1.16 bits per heavy atom. The first kappa shape index (κ1) is 20.3. The fraction of sp³-hybridized carbons (Fsp3) is 0.444. The van der Waals surface area contributed by atoms with Gasteiger partial charge in [0.05, 0.1) is 11.4 Å². The van der Waals surface area contributed by atoms with E-state index in [1.807, 2.05) is 0 Å². The molecular weight excluding hydrogens is 380 g/mol. The van der Waals surface area contributed by atoms with E-state index in [-0.39, 0.29) is 0 Å². The lowest BCUT2D eigenvalue weighted by atomic mass is 9.81. The van der Waals surface area contributed by atoms with Gasteiger partial charge in [0.1, 0.15) is 5.84 Å². The van der Waals surface area contributed by atoms with Crippen LogP contribution in [0, 0.1) is 12.8 Å². The summed E-state index contributed by atoms with van der Waals surface area (Å²) in [5, 5.41) is 3.42. The number of hydrogen-bond donors (Lipinski definition) is 1. The number of piperazine rings is 1. The normalized spacial score (nSPS) is 21.3. The number of benzene rings is 1. The Morgan fingerprint density at radius 3 is 2.77 bits per heavy atom. The molecule has 4 heteroatoms. The van der Waals surface area contributed by atoms with Crippen molar-refractivity contribution in [2.75, 3.05) is 26.2 Å². The van der Waals surface area contributed by atoms with Gasteiger partial charge in [-0.3, -0.25) is 0 Å². The molecule has 1 aromatic rings. The molecule has 1 saturated carbocycles. The minimum absolute atomic E-state index is 0.952. The highest BCUT2D eigenvalue weighted by atomic mass is 15.2. The van der Waals surface area contributed by atoms with Crippen molar-refractivity contribution in [2.24, 2.45) is 10.9 Å². The van der Waals surface area contributed by atoms with Gasteiger partial charge in [0.15, 0.2) is 0 Å². The highest BCUT2D eigenvalue weighted by Gasteiger charge is 2.23. The molecule has 162 valence electrons. The van der Waals surface area contributed by atoms with Crippen LogP contribution >= 0.6 is 0 Å². The minimum atomic E-state index is 0.952. The largest absolute Gasteiger partial charge is 0.368 e. The van der Waals surface area contributed by atoms with E-state index in [0.29, 0.717) is 0 Å². The van der Waals surface area contributed by atoms with Crippen LogP contribution in [-0.2, 0) is 6.42 Å². The van der Waals surface area contributed by atoms with Crippen molar-refractivity contribution >= 4 is 11.5 Å². The summed E-state index contributed by atoms with van der Waals surface area (Å²) >= 11 is 0. The van der Waals surface area contributed by atoms with E-state index < -0.39 is 0 Å². The maximum absolute atomic E-state index is 4.99. The Balaban J connectivity index is 1.31. The first-order valence-electron chi connectivity index (χ1n) is 11.9. The van der Waals surface area contributed by atoms with Gasteiger partial charge in [0.25, 0.3) is 0 Å². The highest BCUT2D eigenvalue weighted by molar-refractivity contribution is 6.02. The Labute approximate surface area is 186 Å². The highest BCUT2D eigenvalue weighted by Crippen LogP contribution is 2.32. The molecule has 4 nitrogen and oxygen atoms in total. The molecule has 0 amide bonds. The fourth-order valence-electron chi connectivity index (χ4n) is 4.91. The predicted molar refractivity (Wildman–Crippen MR) is 130 cm³/mol. The van der Waals surface area contributed by atoms with Crippen LogP contribution in [-0.4, -0.2) is 41.8 Å². The van der Waals surface area contributed by atoms with Gasteiger partial charge in [0, 0.05) is 43.6 Å². The summed E-state index contributed by atoms with van der Waals surface area (Å²) in [4.78, 5) is 9.53. The van der Waals surface area contributed by atoms with E-state index in [9.17, 15) is 0 Å². The topological polar surface area (TPSA) is 30.9 Å². The number of allylic oxidation sites excluding steroid dienone is 2. The van der Waals surface area contributed by atoms with Gasteiger partial charge in [-0.1, -0.05) is 44.4 Å². The van der Waals surface area contributed by atoms with Gasteiger partial charge in [-0.15, -0.1) is 0 Å². The third-order valence-corrected chi connectivity index (χ3v) is 7.17. The summed E-state index contributed by atoms with van der Waals surface area (Å²) < 4.78 is 0. The summed E-state index contributed by atoms with van der Waals surface area (Å²) in [5.74, 6) is 1.94. The van der Waals surface area contributed by atoms with Crippen molar-refractivity contribution in [1.82, 2.24) is 15.1 Å². The zero-order valence-corrected chi connectivity index (χ0v) is 18.7. The van der Waals surface area contributed by atoms with Crippen molar-refractivity contribution in [3.63, 3.8) is 0 Å². The van der Waals surface area contributed by atoms with Crippen molar-refractivity contribution in [2.45, 2.75) is 45.4 Å². The molecule has 1 saturated heterocycles. The maximum atomic E-state index is 4.99. The smallest absolute Gasteiger partial charge is 0.137 e. The molecule has 0 aromatic heterocycles. The Morgan fingerprint density at radius 2 is 2.00 bits per heavy atom. The lowest BCUT2D eigenvalue weighted by Gasteiger charge is -2.35. The van der Waals surface area contributed by atoms with Gasteiger partial charge >= 0.3 is 0 Å². The van der Waals surface area contributed by atoms with E-state index >= 15 is 0 Å². The number of nitrogens with zero attached hydrogens (tertiary/aromatic N) is 3. The molecule has 1 aliphatic carbocycles. The second-order valence-corrected chi connectivity index (χ2v) is 9.32. The van der Waals surface area contributed by atoms with Gasteiger partial charge in [0.2, 0.25) is 0 Å². The van der Waals surface area contributed by atoms with Crippen LogP contribution in [0.5, 0.6) is 0 Å². The first-order chi connectivity index (χ1) is 15.2. The molecule has 1 aromatic carbocycles. The molecule has 4 aliphatic rings. The minimum Gasteiger partial charge on any atom is -0.368 e. The fourth-order valence-corrected chi connectivity index (χ4v) is 4.91. The molecule has 0 unspecified atom stereocenters. The molecule has 3 aliphatic heterocycles. The van der Waals surface area contributed by atoms with Gasteiger partial charge in [-0.25, -0.2) is 4.99 Å². The van der Waals surface area contributed by atoms with Crippen LogP contribution in [0.2, 0.25) is 0 Å². The summed E-state index contributed by atoms with van der Waals surface area (Å²) in [6.07, 6.45) is 16.8. The van der Waals surface area contributed by atoms with E-state index in [1.54, 1.807) is 0 Å². The van der Waals surface area contributed by atoms with Crippen molar-refractivity contribution in [1.29, 1.82) is 0 Å². The summed E-state index contributed by atoms with van der Waals surface area (Å²) in [5.41, 5.74) is 7.28. The summed E-state index contributed by atoms with van der Waals surface area (Å²) in [6.45, 7) is 10.7. The van der Waals surface area contributed by atoms with Crippen LogP contribution in [0.4, 0.5) is 0 Å². The van der Waals surface area contributed by atoms with Gasteiger partial charge in [-0.2, -0.15) is 0 Å². The summed E-state index contributed by atoms with van der Waals surface area (Å²) in [7, 11) is 0. The van der Waals surface area contributed by atoms with Crippen LogP contribution in [0.3, 0.4) is 0 Å². The molecule has 5 rings (SSSR count). The number of amidine groups is 1. The van der Waals surface area contributed by atoms with E-state index in [1.165, 1.54) is 60.9 Å². The molecular formula is C27H34N4. The average Bonchev–Trinajstić information content (AvgIpc) is 2.77. The molecule has 31 heavy (non-hydrogen) atoms. The molecule has 1 N–H and O–H groups in total. The van der Waals surface area contributed by atoms with E-state index in [0.717, 1.165) is 49.3 Å². The number of aryl methyl sites for hydroxylation is 2. The van der Waals surface area contributed by atoms with Crippen LogP contribution in [0.1, 0.15) is 48.8 Å². The zero-order valence-electron chi connectivity index (χ0n) is 18.7. The monoisotopic (exact) mass is 414 g/mol. The lowest BCUT2D eigenvalue weighted by Crippen LogP contribution is -2.43. The lowest BCUT2D eigenvalue weighted by molar-refractivity contribution is 0.290. The van der Waals surface area contributed by atoms with Gasteiger partial charge < -0.3 is 15.1 Å². The van der Waals surface area contributed by atoms with Crippen LogP contribution in [0.15, 0.2) is 65.6 Å². The Bertz CT molecular complexity index is 971. The van der Waals surface area contributed by atoms with Crippen LogP contribution < -0.4 is 5.32 Å². The maximum Gasteiger partial charge on any atom is 0.137 e. The Hall–Kier alpha value is -2.59. The number of aliphatic imine (C=N–C) groups is 1. The average molecular weight is 415 g/mol. The molecule has 2 fully saturated rings. The third-order valence-electron chi connectivity index (χ3n) is 7.17. The van der Waals surface area contributed by atoms with E-state index in [4.69, 9.17) is 4.99 Å². The third kappa shape index (κ3) is 4.40. The predicted octanol–water partition coefficient (Wildman–Crippen LogP) is 5.00. The molecule has 3 heterocycles. The molecule has 0 atom stereocenters. The van der Waals surface area contributed by atoms with Crippen molar-refractivity contribution in [3.8, 4) is 0 Å². The molecule has 0 radical (unpaired) electrons. The number of nitrogens with one attached hydrogen (secondary N) is 1. The number of fused-ring (bicyclic) bond motifs is 1. The van der Waals surface area contributed by atoms with Crippen molar-refractivity contribution < 1.29 is 0 Å². The molecule has 0 spiro atoms. The first-order valence-corrected chi connectivity index (χ1v) is 11.9. The van der Waals surface area contributed by atoms with Crippen LogP contribution in [0.25, 0.3) is 5.70 Å². The number of hydrogen-bond acceptors (Lipinski definition) is 4. The second-order valence-electron chi connectivity index (χ2n) is 9.32. The second kappa shape index (κ2) is 8.88. The standard InChI is InChI=1S/C27H34N4/c1-20-9-10-24(18-23(20)8-4-7-22-5-3-6-22)26-17-21(2)31-19-25(11-12-27(31)29-26)30-15-13-28-14-16-30/h9-12,17-19,22,28H,2-8,13-16H2,1H3. The quantitative estimate of drug-likeness (QED) is 0.710. The zero-order chi connectivity index (χ0) is 21.2. The summed E-state index contributed by atoms with van der Waals surface area (Å²) in [6, 6.07) is 6.81. The van der Waals surface area contributed by atoms with Gasteiger partial charge in [-0.05, 0) is 61.1 Å². The Kier molecular flexibility index (Phi) is 5.82. The van der Waals surface area contributed by atoms with E-state index in [2.05, 4.69) is 71.2 Å². The SMILES string of the molecule is C=C1C=C(c2ccc(C)c(CCCC3CCC3)c2)N=C2C=CC(N3CCNCC3)=CN12.